The fourth-order valence-corrected chi connectivity index (χ4v) is 4.02. The maximum Gasteiger partial charge on any atom is 0.209 e. The fraction of sp³-hybridized carbons (Fsp3) is 0.917. The van der Waals surface area contributed by atoms with Crippen molar-refractivity contribution in [3.05, 3.63) is 0 Å². The summed E-state index contributed by atoms with van der Waals surface area (Å²) in [4.78, 5) is 0. The van der Waals surface area contributed by atoms with Crippen LogP contribution in [0.4, 0.5) is 0 Å². The first kappa shape index (κ1) is 12.4. The van der Waals surface area contributed by atoms with Gasteiger partial charge in [-0.1, -0.05) is 25.1 Å². The maximum absolute atomic E-state index is 6.26. The Morgan fingerprint density at radius 3 is 2.89 bits per heavy atom. The number of nitrogens with zero attached hydrogens (tertiary/aromatic N) is 4. The van der Waals surface area contributed by atoms with Crippen LogP contribution in [0.15, 0.2) is 5.16 Å². The molecule has 0 aliphatic heterocycles. The summed E-state index contributed by atoms with van der Waals surface area (Å²) in [6.07, 6.45) is 7.32. The van der Waals surface area contributed by atoms with E-state index in [1.807, 2.05) is 4.68 Å². The Balaban J connectivity index is 1.68. The lowest BCUT2D eigenvalue weighted by Crippen LogP contribution is -2.38. The summed E-state index contributed by atoms with van der Waals surface area (Å²) in [6.45, 7) is 2.28. The molecule has 6 heteroatoms. The molecule has 3 atom stereocenters. The van der Waals surface area contributed by atoms with E-state index >= 15 is 0 Å². The first-order valence-electron chi connectivity index (χ1n) is 6.98. The van der Waals surface area contributed by atoms with E-state index in [4.69, 9.17) is 5.73 Å². The Morgan fingerprint density at radius 2 is 2.17 bits per heavy atom. The molecule has 2 fully saturated rings. The summed E-state index contributed by atoms with van der Waals surface area (Å²) in [6, 6.07) is 0.839. The number of thioether (sulfide) groups is 1. The average Bonchev–Trinajstić information content (AvgIpc) is 3.13. The molecule has 2 N–H and O–H groups in total. The van der Waals surface area contributed by atoms with Gasteiger partial charge in [0.05, 0.1) is 6.04 Å². The van der Waals surface area contributed by atoms with Gasteiger partial charge >= 0.3 is 0 Å². The highest BCUT2D eigenvalue weighted by Gasteiger charge is 2.32. The summed E-state index contributed by atoms with van der Waals surface area (Å²) < 4.78 is 1.99. The van der Waals surface area contributed by atoms with Crippen LogP contribution in [0.2, 0.25) is 0 Å². The zero-order chi connectivity index (χ0) is 12.5. The van der Waals surface area contributed by atoms with Gasteiger partial charge in [-0.15, -0.1) is 5.10 Å². The van der Waals surface area contributed by atoms with Crippen molar-refractivity contribution in [3.8, 4) is 0 Å². The molecule has 1 aromatic heterocycles. The number of tetrazole rings is 1. The minimum Gasteiger partial charge on any atom is -0.327 e. The molecule has 2 saturated carbocycles. The van der Waals surface area contributed by atoms with Crippen LogP contribution in [-0.4, -0.2) is 31.5 Å². The quantitative estimate of drug-likeness (QED) is 0.903. The topological polar surface area (TPSA) is 69.6 Å². The number of rotatable bonds is 4. The van der Waals surface area contributed by atoms with E-state index < -0.39 is 0 Å². The summed E-state index contributed by atoms with van der Waals surface area (Å²) in [5.74, 6) is 0.826. The lowest BCUT2D eigenvalue weighted by atomic mass is 9.84. The molecule has 3 rings (SSSR count). The third-order valence-corrected chi connectivity index (χ3v) is 5.47. The highest BCUT2D eigenvalue weighted by atomic mass is 32.2. The van der Waals surface area contributed by atoms with Crippen molar-refractivity contribution in [2.75, 3.05) is 0 Å². The Hall–Kier alpha value is -0.620. The summed E-state index contributed by atoms with van der Waals surface area (Å²) in [5.41, 5.74) is 6.26. The summed E-state index contributed by atoms with van der Waals surface area (Å²) in [7, 11) is 0. The molecule has 0 amide bonds. The maximum atomic E-state index is 6.26. The van der Waals surface area contributed by atoms with E-state index in [0.29, 0.717) is 17.3 Å². The molecule has 1 heterocycles. The number of hydrogen-bond acceptors (Lipinski definition) is 5. The van der Waals surface area contributed by atoms with E-state index in [2.05, 4.69) is 22.4 Å². The van der Waals surface area contributed by atoms with Crippen LogP contribution in [0.5, 0.6) is 0 Å². The van der Waals surface area contributed by atoms with Crippen molar-refractivity contribution in [2.24, 2.45) is 11.7 Å². The van der Waals surface area contributed by atoms with Crippen molar-refractivity contribution in [3.63, 3.8) is 0 Å². The monoisotopic (exact) mass is 267 g/mol. The van der Waals surface area contributed by atoms with Crippen LogP contribution in [0.25, 0.3) is 0 Å². The second-order valence-electron chi connectivity index (χ2n) is 5.54. The van der Waals surface area contributed by atoms with Crippen LogP contribution >= 0.6 is 11.8 Å². The van der Waals surface area contributed by atoms with E-state index in [1.54, 1.807) is 11.8 Å². The second kappa shape index (κ2) is 5.17. The van der Waals surface area contributed by atoms with Gasteiger partial charge in [0.15, 0.2) is 0 Å². The molecular formula is C12H21N5S. The Labute approximate surface area is 112 Å². The highest BCUT2D eigenvalue weighted by molar-refractivity contribution is 7.99. The van der Waals surface area contributed by atoms with Crippen molar-refractivity contribution in [1.82, 2.24) is 20.2 Å². The van der Waals surface area contributed by atoms with Gasteiger partial charge in [-0.2, -0.15) is 0 Å². The van der Waals surface area contributed by atoms with Crippen molar-refractivity contribution >= 4 is 11.8 Å². The SMILES string of the molecule is CCC1CCC(N)C(Sc2nnnn2C2CC2)C1. The minimum atomic E-state index is 0.294. The Kier molecular flexibility index (Phi) is 3.56. The molecule has 0 radical (unpaired) electrons. The van der Waals surface area contributed by atoms with Gasteiger partial charge in [0.2, 0.25) is 5.16 Å². The predicted molar refractivity (Wildman–Crippen MR) is 71.3 cm³/mol. The zero-order valence-corrected chi connectivity index (χ0v) is 11.6. The van der Waals surface area contributed by atoms with Crippen LogP contribution in [0.3, 0.4) is 0 Å². The fourth-order valence-electron chi connectivity index (χ4n) is 2.69. The molecule has 1 aromatic rings. The van der Waals surface area contributed by atoms with E-state index in [0.717, 1.165) is 17.5 Å². The van der Waals surface area contributed by atoms with Crippen molar-refractivity contribution in [2.45, 2.75) is 67.9 Å². The third-order valence-electron chi connectivity index (χ3n) is 4.14. The molecule has 0 bridgehead atoms. The average molecular weight is 267 g/mol. The van der Waals surface area contributed by atoms with Crippen LogP contribution in [0, 0.1) is 5.92 Å². The van der Waals surface area contributed by atoms with Crippen molar-refractivity contribution < 1.29 is 0 Å². The van der Waals surface area contributed by atoms with Gasteiger partial charge in [-0.05, 0) is 48.4 Å². The number of aromatic nitrogens is 4. The molecule has 0 aromatic carbocycles. The molecule has 2 aliphatic carbocycles. The molecule has 2 aliphatic rings. The largest absolute Gasteiger partial charge is 0.327 e. The number of hydrogen-bond donors (Lipinski definition) is 1. The van der Waals surface area contributed by atoms with Crippen LogP contribution in [0.1, 0.15) is 51.5 Å². The van der Waals surface area contributed by atoms with E-state index in [1.165, 1.54) is 32.1 Å². The third kappa shape index (κ3) is 2.54. The Morgan fingerprint density at radius 1 is 1.33 bits per heavy atom. The molecule has 0 spiro atoms. The van der Waals surface area contributed by atoms with Crippen LogP contribution < -0.4 is 5.73 Å². The van der Waals surface area contributed by atoms with Gasteiger partial charge in [0, 0.05) is 11.3 Å². The highest BCUT2D eigenvalue weighted by Crippen LogP contribution is 2.40. The smallest absolute Gasteiger partial charge is 0.209 e. The van der Waals surface area contributed by atoms with Crippen LogP contribution in [-0.2, 0) is 0 Å². The minimum absolute atomic E-state index is 0.294. The lowest BCUT2D eigenvalue weighted by Gasteiger charge is -2.32. The normalized spacial score (nSPS) is 32.7. The second-order valence-corrected chi connectivity index (χ2v) is 6.75. The first-order valence-corrected chi connectivity index (χ1v) is 7.86. The lowest BCUT2D eigenvalue weighted by molar-refractivity contribution is 0.327. The molecule has 18 heavy (non-hydrogen) atoms. The van der Waals surface area contributed by atoms with Gasteiger partial charge in [-0.3, -0.25) is 0 Å². The molecule has 0 saturated heterocycles. The summed E-state index contributed by atoms with van der Waals surface area (Å²) in [5, 5.41) is 13.5. The first-order chi connectivity index (χ1) is 8.78. The van der Waals surface area contributed by atoms with Gasteiger partial charge in [-0.25, -0.2) is 4.68 Å². The van der Waals surface area contributed by atoms with Gasteiger partial charge in [0.1, 0.15) is 0 Å². The molecule has 100 valence electrons. The van der Waals surface area contributed by atoms with E-state index in [-0.39, 0.29) is 0 Å². The standard InChI is InChI=1S/C12H21N5S/c1-2-8-3-6-10(13)11(7-8)18-12-14-15-16-17(12)9-4-5-9/h8-11H,2-7,13H2,1H3. The zero-order valence-electron chi connectivity index (χ0n) is 10.8. The predicted octanol–water partition coefficient (Wildman–Crippen LogP) is 2.01. The van der Waals surface area contributed by atoms with Gasteiger partial charge in [0.25, 0.3) is 0 Å². The Bertz CT molecular complexity index is 403. The summed E-state index contributed by atoms with van der Waals surface area (Å²) >= 11 is 1.80. The van der Waals surface area contributed by atoms with Crippen molar-refractivity contribution in [1.29, 1.82) is 0 Å². The van der Waals surface area contributed by atoms with Gasteiger partial charge < -0.3 is 5.73 Å². The van der Waals surface area contributed by atoms with E-state index in [9.17, 15) is 0 Å². The molecular weight excluding hydrogens is 246 g/mol. The molecule has 3 unspecified atom stereocenters. The molecule has 5 nitrogen and oxygen atoms in total. The number of nitrogens with two attached hydrogens (primary N) is 1.